The van der Waals surface area contributed by atoms with Crippen molar-refractivity contribution in [1.82, 2.24) is 60.9 Å². The number of hydrogen-bond donors (Lipinski definition) is 7. The monoisotopic (exact) mass is 1380 g/mol. The van der Waals surface area contributed by atoms with Gasteiger partial charge in [-0.15, -0.1) is 0 Å². The summed E-state index contributed by atoms with van der Waals surface area (Å²) >= 11 is 0. The van der Waals surface area contributed by atoms with E-state index in [0.29, 0.717) is 26.1 Å². The van der Waals surface area contributed by atoms with Gasteiger partial charge in [-0.2, -0.15) is 0 Å². The number of carbonyl (C=O) groups is 12. The van der Waals surface area contributed by atoms with Gasteiger partial charge in [0.05, 0.1) is 25.4 Å². The highest BCUT2D eigenvalue weighted by Crippen LogP contribution is 2.25. The molecule has 0 spiro atoms. The molecule has 556 valence electrons. The number of amides is 11. The lowest BCUT2D eigenvalue weighted by molar-refractivity contribution is -0.154. The van der Waals surface area contributed by atoms with Crippen molar-refractivity contribution in [1.29, 1.82) is 0 Å². The molecule has 2 rings (SSSR count). The molecule has 28 heteroatoms. The van der Waals surface area contributed by atoms with Crippen molar-refractivity contribution in [3.8, 4) is 0 Å². The van der Waals surface area contributed by atoms with Gasteiger partial charge in [-0.3, -0.25) is 62.4 Å². The van der Waals surface area contributed by atoms with Gasteiger partial charge < -0.3 is 75.7 Å². The molecule has 11 amide bonds. The van der Waals surface area contributed by atoms with Gasteiger partial charge in [0.2, 0.25) is 65.0 Å². The Morgan fingerprint density at radius 2 is 0.990 bits per heavy atom. The van der Waals surface area contributed by atoms with Gasteiger partial charge in [-0.05, 0) is 121 Å². The quantitative estimate of drug-likeness (QED) is 0.0723. The summed E-state index contributed by atoms with van der Waals surface area (Å²) in [5.41, 5.74) is 0. The summed E-state index contributed by atoms with van der Waals surface area (Å²) in [4.78, 5) is 183. The maximum absolute atomic E-state index is 15.1. The molecular weight excluding hydrogens is 1250 g/mol. The van der Waals surface area contributed by atoms with E-state index in [2.05, 4.69) is 31.5 Å². The third-order valence-electron chi connectivity index (χ3n) is 18.7. The van der Waals surface area contributed by atoms with Crippen LogP contribution in [0.5, 0.6) is 0 Å². The summed E-state index contributed by atoms with van der Waals surface area (Å²) in [5.74, 6) is -11.8. The molecular formula is C69H124N12O16. The van der Waals surface area contributed by atoms with E-state index in [1.807, 2.05) is 41.5 Å². The number of ether oxygens (including phenoxy) is 2. The molecule has 7 N–H and O–H groups in total. The first-order valence-corrected chi connectivity index (χ1v) is 35.1. The Bertz CT molecular complexity index is 2620. The average Bonchev–Trinajstić information content (AvgIpc) is 0.821. The molecule has 2 aliphatic rings. The summed E-state index contributed by atoms with van der Waals surface area (Å²) in [6.07, 6.45) is -0.362. The molecule has 0 aromatic heterocycles. The standard InChI is InChI=1S/C69H124N12O16/c1-23-49-66(92)75(17)47(15)65(91)80(22)57(48(16)97-33-27-26-30-81-31-34-96-35-32-81)63(89)73-54(42(8)9)69(95)76(18)50(36-39(2)3)60(86)70-45(13)59(85)71-46(14)64(90)77(19)51(37-40(4)5)67(93)78(20)52(38-41(6)7)68(94)79(21)56(43(10)11)62(88)74-55(61(87)72-49)58(84)44(12)28-24-25-29-53(82)83/h39-52,54-58,84H,23-38H2,1-22H3,(H,70,86)(H,71,85)(H,72,87)(H,73,89)(H,74,88)(H,82,83)/t44-,45+,46-,47-,48-,49+,50+,51+,52+,54+,55+,56+,57+,58-/m1/s1. The maximum atomic E-state index is 15.1. The number of carboxylic acid groups (broad SMARTS) is 1. The molecule has 0 aromatic rings. The van der Waals surface area contributed by atoms with Crippen molar-refractivity contribution >= 4 is 70.9 Å². The number of carbonyl (C=O) groups excluding carboxylic acids is 11. The lowest BCUT2D eigenvalue weighted by Gasteiger charge is -2.40. The highest BCUT2D eigenvalue weighted by Gasteiger charge is 2.45. The van der Waals surface area contributed by atoms with Crippen LogP contribution in [0.25, 0.3) is 0 Å². The van der Waals surface area contributed by atoms with E-state index < -0.39 is 167 Å². The normalized spacial score (nSPS) is 27.0. The molecule has 28 nitrogen and oxygen atoms in total. The predicted octanol–water partition coefficient (Wildman–Crippen LogP) is 2.47. The van der Waals surface area contributed by atoms with Crippen molar-refractivity contribution < 1.29 is 77.2 Å². The second-order valence-corrected chi connectivity index (χ2v) is 28.9. The number of unbranched alkanes of at least 4 members (excludes halogenated alkanes) is 2. The van der Waals surface area contributed by atoms with Crippen LogP contribution in [0.15, 0.2) is 0 Å². The second kappa shape index (κ2) is 41.1. The van der Waals surface area contributed by atoms with Gasteiger partial charge in [-0.1, -0.05) is 89.5 Å². The third-order valence-corrected chi connectivity index (χ3v) is 18.7. The minimum Gasteiger partial charge on any atom is -0.481 e. The Hall–Kier alpha value is -6.52. The van der Waals surface area contributed by atoms with Crippen molar-refractivity contribution in [3.63, 3.8) is 0 Å². The Balaban J connectivity index is 2.99. The fourth-order valence-electron chi connectivity index (χ4n) is 12.4. The molecule has 2 aliphatic heterocycles. The van der Waals surface area contributed by atoms with Crippen molar-refractivity contribution in [2.45, 2.75) is 254 Å². The van der Waals surface area contributed by atoms with Crippen LogP contribution in [0.4, 0.5) is 0 Å². The molecule has 0 unspecified atom stereocenters. The minimum atomic E-state index is -1.78. The Morgan fingerprint density at radius 1 is 0.505 bits per heavy atom. The highest BCUT2D eigenvalue weighted by molar-refractivity contribution is 6.00. The number of aliphatic hydroxyl groups excluding tert-OH is 1. The molecule has 2 heterocycles. The lowest BCUT2D eigenvalue weighted by atomic mass is 9.91. The van der Waals surface area contributed by atoms with Crippen LogP contribution in [-0.2, 0) is 67.0 Å². The zero-order chi connectivity index (χ0) is 74.2. The summed E-state index contributed by atoms with van der Waals surface area (Å²) < 4.78 is 11.8. The number of hydrogen-bond acceptors (Lipinski definition) is 16. The summed E-state index contributed by atoms with van der Waals surface area (Å²) in [5, 5.41) is 35.1. The number of carboxylic acids is 1. The molecule has 2 fully saturated rings. The van der Waals surface area contributed by atoms with E-state index >= 15 is 14.4 Å². The summed E-state index contributed by atoms with van der Waals surface area (Å²) in [7, 11) is 8.38. The molecule has 0 radical (unpaired) electrons. The summed E-state index contributed by atoms with van der Waals surface area (Å²) in [6.45, 7) is 30.8. The zero-order valence-electron chi connectivity index (χ0n) is 62.5. The van der Waals surface area contributed by atoms with Gasteiger partial charge in [0, 0.05) is 68.4 Å². The Kier molecular flexibility index (Phi) is 36.7. The molecule has 97 heavy (non-hydrogen) atoms. The first kappa shape index (κ1) is 86.6. The molecule has 0 bridgehead atoms. The van der Waals surface area contributed by atoms with Crippen LogP contribution in [-0.4, -0.2) is 276 Å². The fourth-order valence-corrected chi connectivity index (χ4v) is 12.4. The maximum Gasteiger partial charge on any atom is 0.303 e. The number of aliphatic hydroxyl groups is 1. The molecule has 0 saturated carbocycles. The van der Waals surface area contributed by atoms with Gasteiger partial charge >= 0.3 is 5.97 Å². The van der Waals surface area contributed by atoms with Gasteiger partial charge in [-0.25, -0.2) is 0 Å². The van der Waals surface area contributed by atoms with Crippen LogP contribution >= 0.6 is 0 Å². The molecule has 2 saturated heterocycles. The first-order chi connectivity index (χ1) is 45.1. The largest absolute Gasteiger partial charge is 0.481 e. The fraction of sp³-hybridized carbons (Fsp3) is 0.826. The van der Waals surface area contributed by atoms with Crippen LogP contribution < -0.4 is 26.6 Å². The number of rotatable bonds is 23. The number of nitrogens with one attached hydrogen (secondary N) is 5. The van der Waals surface area contributed by atoms with E-state index in [-0.39, 0.29) is 69.3 Å². The zero-order valence-corrected chi connectivity index (χ0v) is 62.5. The number of morpholine rings is 1. The highest BCUT2D eigenvalue weighted by atomic mass is 16.5. The van der Waals surface area contributed by atoms with Crippen molar-refractivity contribution in [3.05, 3.63) is 0 Å². The van der Waals surface area contributed by atoms with Crippen LogP contribution in [0.2, 0.25) is 0 Å². The van der Waals surface area contributed by atoms with E-state index in [4.69, 9.17) is 9.47 Å². The minimum absolute atomic E-state index is 0.0578. The van der Waals surface area contributed by atoms with Gasteiger partial charge in [0.15, 0.2) is 0 Å². The number of nitrogens with zero attached hydrogens (tertiary/aromatic N) is 7. The predicted molar refractivity (Wildman–Crippen MR) is 368 cm³/mol. The smallest absolute Gasteiger partial charge is 0.303 e. The van der Waals surface area contributed by atoms with Crippen LogP contribution in [0, 0.1) is 35.5 Å². The van der Waals surface area contributed by atoms with E-state index in [1.165, 1.54) is 82.7 Å². The average molecular weight is 1380 g/mol. The second-order valence-electron chi connectivity index (χ2n) is 28.9. The van der Waals surface area contributed by atoms with E-state index in [1.54, 1.807) is 48.5 Å². The topological polar surface area (TPSA) is 347 Å². The van der Waals surface area contributed by atoms with Gasteiger partial charge in [0.25, 0.3) is 0 Å². The van der Waals surface area contributed by atoms with Crippen LogP contribution in [0.3, 0.4) is 0 Å². The van der Waals surface area contributed by atoms with E-state index in [0.717, 1.165) is 35.9 Å². The van der Waals surface area contributed by atoms with Crippen molar-refractivity contribution in [2.75, 3.05) is 81.7 Å². The third kappa shape index (κ3) is 25.9. The number of aliphatic carboxylic acids is 1. The number of likely N-dealkylation sites (N-methyl/N-ethyl adjacent to an activating group) is 6. The molecule has 14 atom stereocenters. The summed E-state index contributed by atoms with van der Waals surface area (Å²) in [6, 6.07) is -14.6. The first-order valence-electron chi connectivity index (χ1n) is 35.1. The van der Waals surface area contributed by atoms with E-state index in [9.17, 15) is 53.4 Å². The Morgan fingerprint density at radius 3 is 1.51 bits per heavy atom. The SMILES string of the molecule is CC[C@@H]1NC(=O)[C@H]([C@H](O)[C@H](C)CCCCC(=O)O)NC(=O)[C@H](C(C)C)N(C)C(=O)[C@H](CC(C)C)N(C)C(=O)[C@H](CC(C)C)N(C)C(=O)[C@@H](C)NC(=O)[C@H](C)NC(=O)[C@H](CC(C)C)N(C)C(=O)[C@H](C(C)C)NC(=O)[C@H]([C@@H](C)OCCCCN2CCOCC2)N(C)C(=O)[C@@H](C)N(C)C1=O. The van der Waals surface area contributed by atoms with Gasteiger partial charge in [0.1, 0.15) is 66.5 Å². The Labute approximate surface area is 577 Å². The molecule has 0 aliphatic carbocycles. The lowest BCUT2D eigenvalue weighted by Crippen LogP contribution is -2.64. The molecule has 0 aromatic carbocycles. The van der Waals surface area contributed by atoms with Crippen molar-refractivity contribution in [2.24, 2.45) is 35.5 Å². The van der Waals surface area contributed by atoms with Crippen LogP contribution in [0.1, 0.15) is 175 Å².